The van der Waals surface area contributed by atoms with Crippen LogP contribution in [-0.4, -0.2) is 24.0 Å². The number of rotatable bonds is 3. The minimum atomic E-state index is -0.344. The number of nitrogens with two attached hydrogens (primary N) is 1. The zero-order valence-electron chi connectivity index (χ0n) is 11.1. The van der Waals surface area contributed by atoms with E-state index in [1.807, 2.05) is 6.07 Å². The minimum Gasteiger partial charge on any atom is -0.329 e. The normalized spacial score (nSPS) is 24.0. The van der Waals surface area contributed by atoms with Gasteiger partial charge in [0.15, 0.2) is 0 Å². The van der Waals surface area contributed by atoms with Crippen molar-refractivity contribution < 1.29 is 4.39 Å². The summed E-state index contributed by atoms with van der Waals surface area (Å²) >= 11 is 5.69. The van der Waals surface area contributed by atoms with Gasteiger partial charge in [-0.15, -0.1) is 12.4 Å². The fraction of sp³-hybridized carbons (Fsp3) is 0.571. The van der Waals surface area contributed by atoms with Gasteiger partial charge in [-0.3, -0.25) is 4.90 Å². The second kappa shape index (κ2) is 7.44. The number of piperidine rings is 1. The van der Waals surface area contributed by atoms with Gasteiger partial charge in [0.2, 0.25) is 0 Å². The van der Waals surface area contributed by atoms with E-state index in [2.05, 4.69) is 11.8 Å². The number of halogens is 3. The summed E-state index contributed by atoms with van der Waals surface area (Å²) in [5.74, 6) is 0.268. The first-order valence-electron chi connectivity index (χ1n) is 6.50. The lowest BCUT2D eigenvalue weighted by atomic mass is 9.90. The maximum atomic E-state index is 13.4. The number of likely N-dealkylation sites (tertiary alicyclic amines) is 1. The third-order valence-corrected chi connectivity index (χ3v) is 4.15. The van der Waals surface area contributed by atoms with Crippen LogP contribution in [0.5, 0.6) is 0 Å². The van der Waals surface area contributed by atoms with Gasteiger partial charge in [-0.1, -0.05) is 24.6 Å². The van der Waals surface area contributed by atoms with Crippen molar-refractivity contribution in [3.8, 4) is 0 Å². The Kier molecular flexibility index (Phi) is 6.54. The van der Waals surface area contributed by atoms with E-state index in [0.717, 1.165) is 18.7 Å². The second-order valence-electron chi connectivity index (χ2n) is 5.14. The standard InChI is InChI=1S/C14H20ClFN2.ClH/c1-10-3-2-6-18(14(10)8-17)9-11-4-5-12(15)13(16)7-11;/h4-5,7,10,14H,2-3,6,8-9,17H2,1H3;1H. The molecule has 1 fully saturated rings. The van der Waals surface area contributed by atoms with E-state index in [4.69, 9.17) is 17.3 Å². The second-order valence-corrected chi connectivity index (χ2v) is 5.55. The molecule has 5 heteroatoms. The SMILES string of the molecule is CC1CCCN(Cc2ccc(Cl)c(F)c2)C1CN.Cl. The molecule has 1 aromatic rings. The summed E-state index contributed by atoms with van der Waals surface area (Å²) in [6.45, 7) is 4.69. The molecule has 0 amide bonds. The van der Waals surface area contributed by atoms with E-state index in [-0.39, 0.29) is 23.2 Å². The van der Waals surface area contributed by atoms with Crippen LogP contribution in [0, 0.1) is 11.7 Å². The van der Waals surface area contributed by atoms with Crippen LogP contribution >= 0.6 is 24.0 Å². The highest BCUT2D eigenvalue weighted by molar-refractivity contribution is 6.30. The van der Waals surface area contributed by atoms with E-state index in [1.165, 1.54) is 18.9 Å². The molecule has 1 aliphatic heterocycles. The van der Waals surface area contributed by atoms with Gasteiger partial charge < -0.3 is 5.73 Å². The molecule has 0 radical (unpaired) electrons. The lowest BCUT2D eigenvalue weighted by Gasteiger charge is -2.39. The third-order valence-electron chi connectivity index (χ3n) is 3.84. The molecule has 19 heavy (non-hydrogen) atoms. The first-order valence-corrected chi connectivity index (χ1v) is 6.87. The van der Waals surface area contributed by atoms with Crippen LogP contribution in [0.1, 0.15) is 25.3 Å². The fourth-order valence-corrected chi connectivity index (χ4v) is 2.90. The number of nitrogens with zero attached hydrogens (tertiary/aromatic N) is 1. The molecule has 0 aromatic heterocycles. The first-order chi connectivity index (χ1) is 8.61. The van der Waals surface area contributed by atoms with Crippen LogP contribution in [0.15, 0.2) is 18.2 Å². The smallest absolute Gasteiger partial charge is 0.142 e. The maximum Gasteiger partial charge on any atom is 0.142 e. The van der Waals surface area contributed by atoms with Gasteiger partial charge in [-0.2, -0.15) is 0 Å². The third kappa shape index (κ3) is 4.06. The van der Waals surface area contributed by atoms with Crippen LogP contribution in [0.4, 0.5) is 4.39 Å². The van der Waals surface area contributed by atoms with Crippen molar-refractivity contribution in [2.45, 2.75) is 32.4 Å². The van der Waals surface area contributed by atoms with Crippen LogP contribution < -0.4 is 5.73 Å². The average molecular weight is 307 g/mol. The van der Waals surface area contributed by atoms with Crippen LogP contribution in [0.2, 0.25) is 5.02 Å². The summed E-state index contributed by atoms with van der Waals surface area (Å²) in [5.41, 5.74) is 6.82. The highest BCUT2D eigenvalue weighted by atomic mass is 35.5. The van der Waals surface area contributed by atoms with E-state index in [1.54, 1.807) is 6.07 Å². The van der Waals surface area contributed by atoms with Gasteiger partial charge in [-0.25, -0.2) is 4.39 Å². The lowest BCUT2D eigenvalue weighted by Crippen LogP contribution is -2.48. The Balaban J connectivity index is 0.00000180. The average Bonchev–Trinajstić information content (AvgIpc) is 2.34. The molecule has 1 aliphatic rings. The predicted octanol–water partition coefficient (Wildman–Crippen LogP) is 3.46. The highest BCUT2D eigenvalue weighted by Crippen LogP contribution is 2.25. The van der Waals surface area contributed by atoms with E-state index in [0.29, 0.717) is 18.5 Å². The number of hydrogen-bond donors (Lipinski definition) is 1. The molecule has 1 aromatic carbocycles. The minimum absolute atomic E-state index is 0. The van der Waals surface area contributed by atoms with Crippen LogP contribution in [-0.2, 0) is 6.54 Å². The Labute approximate surface area is 125 Å². The van der Waals surface area contributed by atoms with E-state index in [9.17, 15) is 4.39 Å². The summed E-state index contributed by atoms with van der Waals surface area (Å²) < 4.78 is 13.4. The zero-order valence-corrected chi connectivity index (χ0v) is 12.7. The summed E-state index contributed by atoms with van der Waals surface area (Å²) in [6.07, 6.45) is 2.42. The lowest BCUT2D eigenvalue weighted by molar-refractivity contribution is 0.0990. The van der Waals surface area contributed by atoms with Crippen LogP contribution in [0.25, 0.3) is 0 Å². The monoisotopic (exact) mass is 306 g/mol. The van der Waals surface area contributed by atoms with Crippen molar-refractivity contribution >= 4 is 24.0 Å². The quantitative estimate of drug-likeness (QED) is 0.926. The van der Waals surface area contributed by atoms with Crippen molar-refractivity contribution in [1.82, 2.24) is 4.90 Å². The molecule has 2 nitrogen and oxygen atoms in total. The Hall–Kier alpha value is -0.350. The topological polar surface area (TPSA) is 29.3 Å². The molecule has 1 saturated heterocycles. The zero-order chi connectivity index (χ0) is 13.1. The van der Waals surface area contributed by atoms with Gasteiger partial charge in [0, 0.05) is 19.1 Å². The van der Waals surface area contributed by atoms with Crippen molar-refractivity contribution in [3.05, 3.63) is 34.6 Å². The Morgan fingerprint density at radius 3 is 2.84 bits per heavy atom. The molecule has 0 aliphatic carbocycles. The van der Waals surface area contributed by atoms with Crippen molar-refractivity contribution in [1.29, 1.82) is 0 Å². The Bertz CT molecular complexity index is 414. The van der Waals surface area contributed by atoms with Gasteiger partial charge >= 0.3 is 0 Å². The molecule has 0 bridgehead atoms. The van der Waals surface area contributed by atoms with Crippen LogP contribution in [0.3, 0.4) is 0 Å². The van der Waals surface area contributed by atoms with Crippen molar-refractivity contribution in [3.63, 3.8) is 0 Å². The predicted molar refractivity (Wildman–Crippen MR) is 80.3 cm³/mol. The molecule has 0 saturated carbocycles. The molecule has 2 rings (SSSR count). The van der Waals surface area contributed by atoms with Crippen molar-refractivity contribution in [2.24, 2.45) is 11.7 Å². The molecule has 0 spiro atoms. The highest BCUT2D eigenvalue weighted by Gasteiger charge is 2.27. The molecule has 2 atom stereocenters. The maximum absolute atomic E-state index is 13.4. The molecular formula is C14H21Cl2FN2. The summed E-state index contributed by atoms with van der Waals surface area (Å²) in [5, 5.41) is 0.182. The molecule has 2 N–H and O–H groups in total. The van der Waals surface area contributed by atoms with Gasteiger partial charge in [0.05, 0.1) is 5.02 Å². The number of hydrogen-bond acceptors (Lipinski definition) is 2. The molecule has 108 valence electrons. The van der Waals surface area contributed by atoms with E-state index >= 15 is 0 Å². The summed E-state index contributed by atoms with van der Waals surface area (Å²) in [4.78, 5) is 2.36. The summed E-state index contributed by atoms with van der Waals surface area (Å²) in [6, 6.07) is 5.43. The van der Waals surface area contributed by atoms with Crippen molar-refractivity contribution in [2.75, 3.05) is 13.1 Å². The fourth-order valence-electron chi connectivity index (χ4n) is 2.78. The Morgan fingerprint density at radius 2 is 2.21 bits per heavy atom. The van der Waals surface area contributed by atoms with E-state index < -0.39 is 0 Å². The largest absolute Gasteiger partial charge is 0.329 e. The van der Waals surface area contributed by atoms with Gasteiger partial charge in [-0.05, 0) is 43.0 Å². The van der Waals surface area contributed by atoms with Gasteiger partial charge in [0.1, 0.15) is 5.82 Å². The molecule has 1 heterocycles. The van der Waals surface area contributed by atoms with Gasteiger partial charge in [0.25, 0.3) is 0 Å². The first kappa shape index (κ1) is 16.7. The molecule has 2 unspecified atom stereocenters. The summed E-state index contributed by atoms with van der Waals surface area (Å²) in [7, 11) is 0. The number of benzene rings is 1. The Morgan fingerprint density at radius 1 is 1.47 bits per heavy atom. The molecular weight excluding hydrogens is 286 g/mol.